The summed E-state index contributed by atoms with van der Waals surface area (Å²) in [6.45, 7) is 5.53. The molecular formula is C15H21F3N2. The minimum Gasteiger partial charge on any atom is -0.315 e. The van der Waals surface area contributed by atoms with E-state index in [0.29, 0.717) is 12.6 Å². The lowest BCUT2D eigenvalue weighted by Gasteiger charge is -2.28. The third kappa shape index (κ3) is 3.96. The van der Waals surface area contributed by atoms with Crippen molar-refractivity contribution in [3.05, 3.63) is 35.4 Å². The van der Waals surface area contributed by atoms with Gasteiger partial charge in [-0.15, -0.1) is 0 Å². The lowest BCUT2D eigenvalue weighted by Crippen LogP contribution is -2.36. The van der Waals surface area contributed by atoms with Gasteiger partial charge in [0, 0.05) is 19.1 Å². The van der Waals surface area contributed by atoms with E-state index in [2.05, 4.69) is 17.1 Å². The predicted molar refractivity (Wildman–Crippen MR) is 73.4 cm³/mol. The van der Waals surface area contributed by atoms with E-state index >= 15 is 0 Å². The number of alkyl halides is 3. The molecule has 112 valence electrons. The standard InChI is InChI=1S/C15H21F3N2/c1-2-8-20(14-6-7-19-10-14)11-12-4-3-5-13(9-12)15(16,17)18/h3-5,9,14,19H,2,6-8,10-11H2,1H3/t14-/m0/s1. The van der Waals surface area contributed by atoms with Crippen molar-refractivity contribution in [1.29, 1.82) is 0 Å². The average Bonchev–Trinajstić information content (AvgIpc) is 2.91. The zero-order valence-corrected chi connectivity index (χ0v) is 11.7. The fourth-order valence-electron chi connectivity index (χ4n) is 2.71. The molecule has 1 fully saturated rings. The Labute approximate surface area is 118 Å². The summed E-state index contributed by atoms with van der Waals surface area (Å²) in [6, 6.07) is 6.11. The average molecular weight is 286 g/mol. The highest BCUT2D eigenvalue weighted by Crippen LogP contribution is 2.30. The van der Waals surface area contributed by atoms with Crippen LogP contribution >= 0.6 is 0 Å². The summed E-state index contributed by atoms with van der Waals surface area (Å²) in [5, 5.41) is 3.31. The van der Waals surface area contributed by atoms with Crippen LogP contribution in [0.2, 0.25) is 0 Å². The summed E-state index contributed by atoms with van der Waals surface area (Å²) in [4.78, 5) is 2.29. The van der Waals surface area contributed by atoms with E-state index in [1.807, 2.05) is 0 Å². The highest BCUT2D eigenvalue weighted by Gasteiger charge is 2.30. The number of halogens is 3. The molecule has 0 amide bonds. The van der Waals surface area contributed by atoms with Crippen LogP contribution in [-0.4, -0.2) is 30.6 Å². The molecule has 1 aromatic rings. The molecule has 5 heteroatoms. The topological polar surface area (TPSA) is 15.3 Å². The second-order valence-corrected chi connectivity index (χ2v) is 5.32. The minimum atomic E-state index is -4.26. The van der Waals surface area contributed by atoms with Gasteiger partial charge in [-0.1, -0.05) is 25.1 Å². The fourth-order valence-corrected chi connectivity index (χ4v) is 2.71. The Balaban J connectivity index is 2.09. The van der Waals surface area contributed by atoms with Gasteiger partial charge < -0.3 is 5.32 Å². The number of benzene rings is 1. The third-order valence-electron chi connectivity index (χ3n) is 3.70. The van der Waals surface area contributed by atoms with Crippen LogP contribution in [0.15, 0.2) is 24.3 Å². The molecule has 2 nitrogen and oxygen atoms in total. The van der Waals surface area contributed by atoms with Crippen molar-refractivity contribution in [1.82, 2.24) is 10.2 Å². The van der Waals surface area contributed by atoms with Gasteiger partial charge in [0.2, 0.25) is 0 Å². The van der Waals surface area contributed by atoms with Crippen LogP contribution in [0.3, 0.4) is 0 Å². The van der Waals surface area contributed by atoms with Gasteiger partial charge >= 0.3 is 6.18 Å². The van der Waals surface area contributed by atoms with Crippen LogP contribution in [0, 0.1) is 0 Å². The minimum absolute atomic E-state index is 0.435. The summed E-state index contributed by atoms with van der Waals surface area (Å²) in [5.41, 5.74) is 0.177. The second-order valence-electron chi connectivity index (χ2n) is 5.32. The molecule has 20 heavy (non-hydrogen) atoms. The van der Waals surface area contributed by atoms with E-state index in [9.17, 15) is 13.2 Å². The molecule has 0 aromatic heterocycles. The van der Waals surface area contributed by atoms with Crippen LogP contribution in [0.5, 0.6) is 0 Å². The lowest BCUT2D eigenvalue weighted by atomic mass is 10.1. The molecule has 1 N–H and O–H groups in total. The molecule has 2 rings (SSSR count). The largest absolute Gasteiger partial charge is 0.416 e. The quantitative estimate of drug-likeness (QED) is 0.893. The molecule has 0 saturated carbocycles. The van der Waals surface area contributed by atoms with Gasteiger partial charge in [0.1, 0.15) is 0 Å². The molecule has 0 radical (unpaired) electrons. The normalized spacial score (nSPS) is 19.8. The van der Waals surface area contributed by atoms with Crippen LogP contribution in [-0.2, 0) is 12.7 Å². The monoisotopic (exact) mass is 286 g/mol. The Kier molecular flexibility index (Phi) is 5.05. The van der Waals surface area contributed by atoms with E-state index in [4.69, 9.17) is 0 Å². The number of nitrogens with zero attached hydrogens (tertiary/aromatic N) is 1. The summed E-state index contributed by atoms with van der Waals surface area (Å²) in [5.74, 6) is 0. The summed E-state index contributed by atoms with van der Waals surface area (Å²) in [7, 11) is 0. The SMILES string of the molecule is CCCN(Cc1cccc(C(F)(F)F)c1)[C@H]1CCNC1. The maximum absolute atomic E-state index is 12.7. The summed E-state index contributed by atoms with van der Waals surface area (Å²) >= 11 is 0. The van der Waals surface area contributed by atoms with Gasteiger partial charge in [0.25, 0.3) is 0 Å². The number of rotatable bonds is 5. The molecule has 1 aliphatic rings. The van der Waals surface area contributed by atoms with Crippen molar-refractivity contribution in [3.8, 4) is 0 Å². The zero-order valence-electron chi connectivity index (χ0n) is 11.7. The molecule has 0 spiro atoms. The molecule has 1 aliphatic heterocycles. The molecule has 1 aromatic carbocycles. The van der Waals surface area contributed by atoms with Gasteiger partial charge in [0.15, 0.2) is 0 Å². The van der Waals surface area contributed by atoms with E-state index in [0.717, 1.165) is 44.1 Å². The highest BCUT2D eigenvalue weighted by atomic mass is 19.4. The first kappa shape index (κ1) is 15.3. The first-order valence-electron chi connectivity index (χ1n) is 7.11. The number of nitrogens with one attached hydrogen (secondary N) is 1. The zero-order chi connectivity index (χ0) is 14.6. The number of hydrogen-bond donors (Lipinski definition) is 1. The van der Waals surface area contributed by atoms with Crippen molar-refractivity contribution in [3.63, 3.8) is 0 Å². The van der Waals surface area contributed by atoms with Crippen molar-refractivity contribution in [2.45, 2.75) is 38.5 Å². The Morgan fingerprint density at radius 2 is 2.15 bits per heavy atom. The lowest BCUT2D eigenvalue weighted by molar-refractivity contribution is -0.137. The smallest absolute Gasteiger partial charge is 0.315 e. The van der Waals surface area contributed by atoms with Crippen molar-refractivity contribution < 1.29 is 13.2 Å². The predicted octanol–water partition coefficient (Wildman–Crippen LogP) is 3.28. The van der Waals surface area contributed by atoms with Crippen LogP contribution < -0.4 is 5.32 Å². The molecule has 1 heterocycles. The molecule has 0 unspecified atom stereocenters. The van der Waals surface area contributed by atoms with Crippen LogP contribution in [0.4, 0.5) is 13.2 Å². The Morgan fingerprint density at radius 3 is 2.75 bits per heavy atom. The third-order valence-corrected chi connectivity index (χ3v) is 3.70. The van der Waals surface area contributed by atoms with Crippen molar-refractivity contribution >= 4 is 0 Å². The molecular weight excluding hydrogens is 265 g/mol. The van der Waals surface area contributed by atoms with Crippen molar-refractivity contribution in [2.75, 3.05) is 19.6 Å². The molecule has 1 atom stereocenters. The summed E-state index contributed by atoms with van der Waals surface area (Å²) < 4.78 is 38.2. The van der Waals surface area contributed by atoms with E-state index in [1.54, 1.807) is 6.07 Å². The van der Waals surface area contributed by atoms with Crippen LogP contribution in [0.25, 0.3) is 0 Å². The second kappa shape index (κ2) is 6.59. The Morgan fingerprint density at radius 1 is 1.35 bits per heavy atom. The number of hydrogen-bond acceptors (Lipinski definition) is 2. The maximum Gasteiger partial charge on any atom is 0.416 e. The van der Waals surface area contributed by atoms with Gasteiger partial charge in [-0.25, -0.2) is 0 Å². The molecule has 0 bridgehead atoms. The van der Waals surface area contributed by atoms with E-state index in [-0.39, 0.29) is 0 Å². The fraction of sp³-hybridized carbons (Fsp3) is 0.600. The van der Waals surface area contributed by atoms with Gasteiger partial charge in [-0.2, -0.15) is 13.2 Å². The van der Waals surface area contributed by atoms with Gasteiger partial charge in [-0.05, 0) is 37.6 Å². The Hall–Kier alpha value is -1.07. The molecule has 0 aliphatic carbocycles. The highest BCUT2D eigenvalue weighted by molar-refractivity contribution is 5.25. The van der Waals surface area contributed by atoms with Gasteiger partial charge in [0.05, 0.1) is 5.56 Å². The Bertz CT molecular complexity index is 425. The first-order chi connectivity index (χ1) is 9.50. The van der Waals surface area contributed by atoms with Crippen molar-refractivity contribution in [2.24, 2.45) is 0 Å². The first-order valence-corrected chi connectivity index (χ1v) is 7.11. The van der Waals surface area contributed by atoms with E-state index < -0.39 is 11.7 Å². The van der Waals surface area contributed by atoms with Crippen LogP contribution in [0.1, 0.15) is 30.9 Å². The van der Waals surface area contributed by atoms with Gasteiger partial charge in [-0.3, -0.25) is 4.90 Å². The van der Waals surface area contributed by atoms with E-state index in [1.165, 1.54) is 12.1 Å². The maximum atomic E-state index is 12.7. The summed E-state index contributed by atoms with van der Waals surface area (Å²) in [6.07, 6.45) is -2.19. The molecule has 1 saturated heterocycles.